The molecule has 1 aromatic carbocycles. The van der Waals surface area contributed by atoms with E-state index in [1.54, 1.807) is 23.1 Å². The Morgan fingerprint density at radius 2 is 1.90 bits per heavy atom. The summed E-state index contributed by atoms with van der Waals surface area (Å²) < 4.78 is 33.2. The van der Waals surface area contributed by atoms with Gasteiger partial charge in [0.15, 0.2) is 13.7 Å². The van der Waals surface area contributed by atoms with Crippen LogP contribution in [0.3, 0.4) is 0 Å². The number of halogens is 2. The summed E-state index contributed by atoms with van der Waals surface area (Å²) in [6.45, 7) is -3.13. The highest BCUT2D eigenvalue weighted by Crippen LogP contribution is 2.54. The lowest BCUT2D eigenvalue weighted by molar-refractivity contribution is -0.190. The van der Waals surface area contributed by atoms with E-state index >= 15 is 0 Å². The molecule has 13 heteroatoms. The number of aromatic nitrogens is 4. The molecule has 4 N–H and O–H groups in total. The summed E-state index contributed by atoms with van der Waals surface area (Å²) in [5.41, 5.74) is 9.27. The van der Waals surface area contributed by atoms with E-state index in [1.165, 1.54) is 18.2 Å². The summed E-state index contributed by atoms with van der Waals surface area (Å²) in [6.07, 6.45) is 8.01. The quantitative estimate of drug-likeness (QED) is 0.258. The van der Waals surface area contributed by atoms with E-state index in [1.807, 2.05) is 12.1 Å². The molecule has 2 unspecified atom stereocenters. The highest BCUT2D eigenvalue weighted by atomic mass is 19.3. The summed E-state index contributed by atoms with van der Waals surface area (Å²) in [4.78, 5) is 23.3. The zero-order valence-electron chi connectivity index (χ0n) is 21.0. The maximum Gasteiger partial charge on any atom is 0.387 e. The van der Waals surface area contributed by atoms with E-state index < -0.39 is 35.8 Å². The molecule has 3 aromatic heterocycles. The van der Waals surface area contributed by atoms with Gasteiger partial charge in [-0.15, -0.1) is 0 Å². The third-order valence-corrected chi connectivity index (χ3v) is 8.25. The van der Waals surface area contributed by atoms with Gasteiger partial charge in [-0.25, -0.2) is 14.5 Å². The lowest BCUT2D eigenvalue weighted by atomic mass is 9.77. The summed E-state index contributed by atoms with van der Waals surface area (Å²) >= 11 is 0. The monoisotopic (exact) mass is 544 g/mol. The summed E-state index contributed by atoms with van der Waals surface area (Å²) in [5, 5.41) is 25.5. The molecule has 1 saturated carbocycles. The van der Waals surface area contributed by atoms with Crippen LogP contribution in [0.4, 0.5) is 8.78 Å². The van der Waals surface area contributed by atoms with Gasteiger partial charge >= 0.3 is 6.61 Å². The van der Waals surface area contributed by atoms with Crippen LogP contribution in [0.5, 0.6) is 5.75 Å². The molecule has 1 amide bonds. The molecule has 2 atom stereocenters. The van der Waals surface area contributed by atoms with Crippen LogP contribution >= 0.6 is 0 Å². The molecule has 2 bridgehead atoms. The molecular formula is C27H23BF2N6O4. The topological polar surface area (TPSA) is 139 Å². The van der Waals surface area contributed by atoms with Crippen molar-refractivity contribution in [3.8, 4) is 16.9 Å². The number of pyridine rings is 1. The van der Waals surface area contributed by atoms with E-state index in [4.69, 9.17) is 18.3 Å². The van der Waals surface area contributed by atoms with Crippen LogP contribution in [0.25, 0.3) is 16.6 Å². The van der Waals surface area contributed by atoms with Gasteiger partial charge in [0.2, 0.25) is 0 Å². The number of carbonyl (C=O) groups is 1. The minimum atomic E-state index is -3.13. The molecular weight excluding hydrogens is 521 g/mol. The average Bonchev–Trinajstić information content (AvgIpc) is 3.39. The Balaban J connectivity index is 1.40. The average molecular weight is 544 g/mol. The van der Waals surface area contributed by atoms with E-state index in [9.17, 15) is 23.8 Å². The van der Waals surface area contributed by atoms with Crippen molar-refractivity contribution in [3.63, 3.8) is 0 Å². The van der Waals surface area contributed by atoms with Crippen molar-refractivity contribution in [2.24, 2.45) is 5.73 Å². The molecule has 40 heavy (non-hydrogen) atoms. The predicted molar refractivity (Wildman–Crippen MR) is 137 cm³/mol. The van der Waals surface area contributed by atoms with Gasteiger partial charge in [0, 0.05) is 46.8 Å². The van der Waals surface area contributed by atoms with Gasteiger partial charge in [0.25, 0.3) is 5.91 Å². The Bertz CT molecular complexity index is 1670. The fraction of sp³-hybridized carbons (Fsp3) is 0.333. The van der Waals surface area contributed by atoms with Crippen molar-refractivity contribution in [2.45, 2.75) is 55.6 Å². The first kappa shape index (κ1) is 25.1. The number of carbonyl (C=O) groups excluding carboxylic acids is 1. The van der Waals surface area contributed by atoms with Crippen LogP contribution in [0.15, 0.2) is 48.9 Å². The highest BCUT2D eigenvalue weighted by molar-refractivity contribution is 6.15. The Morgan fingerprint density at radius 3 is 2.55 bits per heavy atom. The minimum absolute atomic E-state index is 0.0135. The van der Waals surface area contributed by atoms with Crippen molar-refractivity contribution in [2.75, 3.05) is 0 Å². The van der Waals surface area contributed by atoms with Gasteiger partial charge < -0.3 is 20.7 Å². The lowest BCUT2D eigenvalue weighted by Gasteiger charge is -2.37. The third-order valence-electron chi connectivity index (χ3n) is 8.25. The first-order valence-corrected chi connectivity index (χ1v) is 12.8. The van der Waals surface area contributed by atoms with Gasteiger partial charge in [-0.2, -0.15) is 13.9 Å². The molecule has 4 heterocycles. The number of rotatable bonds is 5. The molecule has 2 radical (unpaired) electrons. The van der Waals surface area contributed by atoms with Crippen LogP contribution in [0.2, 0.25) is 0 Å². The summed E-state index contributed by atoms with van der Waals surface area (Å²) in [5.74, 6) is -4.06. The van der Waals surface area contributed by atoms with Crippen molar-refractivity contribution >= 4 is 19.3 Å². The van der Waals surface area contributed by atoms with Gasteiger partial charge in [-0.1, -0.05) is 6.07 Å². The molecule has 7 rings (SSSR count). The molecule has 0 saturated heterocycles. The number of fused-ring (bicyclic) bond motifs is 9. The van der Waals surface area contributed by atoms with Crippen molar-refractivity contribution < 1.29 is 28.5 Å². The SMILES string of the molecule is [B]C(O)(O)N1C(=O)c2cccc(OC(F)F)c2C2CC1c1nn3ccc(-c4cnc(C5(N)CCC5)nc4)cc3c12. The van der Waals surface area contributed by atoms with Gasteiger partial charge in [0.05, 0.1) is 22.8 Å². The Labute approximate surface area is 227 Å². The van der Waals surface area contributed by atoms with E-state index in [0.717, 1.165) is 35.3 Å². The van der Waals surface area contributed by atoms with Crippen molar-refractivity contribution in [1.82, 2.24) is 24.5 Å². The molecule has 0 spiro atoms. The van der Waals surface area contributed by atoms with Crippen molar-refractivity contribution in [1.29, 1.82) is 0 Å². The minimum Gasteiger partial charge on any atom is -0.434 e. The number of benzene rings is 1. The van der Waals surface area contributed by atoms with E-state index in [0.29, 0.717) is 22.6 Å². The molecule has 1 aliphatic heterocycles. The largest absolute Gasteiger partial charge is 0.434 e. The molecule has 202 valence electrons. The second kappa shape index (κ2) is 8.53. The molecule has 1 fully saturated rings. The lowest BCUT2D eigenvalue weighted by Crippen LogP contribution is -2.53. The number of amides is 1. The molecule has 10 nitrogen and oxygen atoms in total. The van der Waals surface area contributed by atoms with Gasteiger partial charge in [-0.05, 0) is 55.5 Å². The first-order valence-electron chi connectivity index (χ1n) is 12.8. The maximum absolute atomic E-state index is 13.5. The van der Waals surface area contributed by atoms with Crippen LogP contribution < -0.4 is 10.5 Å². The van der Waals surface area contributed by atoms with Crippen LogP contribution in [-0.4, -0.2) is 60.9 Å². The van der Waals surface area contributed by atoms with Crippen LogP contribution in [-0.2, 0) is 5.54 Å². The molecule has 4 aromatic rings. The standard InChI is InChI=1S/C27H23BF2N6O4/c28-27(38,39)36-18-10-16(20-15(23(36)37)3-1-4-19(20)40-25(29)30)21-17-9-13(5-8-35(17)34-22(18)21)14-11-32-24(33-12-14)26(31)6-2-7-26/h1,3-5,8-9,11-12,16,18,25,38-39H,2,6-7,10,31H2. The number of hydrogen-bond acceptors (Lipinski definition) is 8. The second-order valence-electron chi connectivity index (χ2n) is 10.6. The van der Waals surface area contributed by atoms with Gasteiger partial charge in [0.1, 0.15) is 11.6 Å². The smallest absolute Gasteiger partial charge is 0.387 e. The number of aliphatic hydroxyl groups is 2. The second-order valence-corrected chi connectivity index (χ2v) is 10.6. The number of nitrogens with zero attached hydrogens (tertiary/aromatic N) is 5. The highest BCUT2D eigenvalue weighted by Gasteiger charge is 2.51. The van der Waals surface area contributed by atoms with Crippen LogP contribution in [0.1, 0.15) is 70.6 Å². The number of nitrogens with two attached hydrogens (primary N) is 1. The molecule has 3 aliphatic rings. The normalized spacial score (nSPS) is 21.2. The first-order chi connectivity index (χ1) is 19.0. The fourth-order valence-electron chi connectivity index (χ4n) is 6.26. The zero-order chi connectivity index (χ0) is 28.0. The fourth-order valence-corrected chi connectivity index (χ4v) is 6.26. The van der Waals surface area contributed by atoms with E-state index in [-0.39, 0.29) is 23.3 Å². The van der Waals surface area contributed by atoms with Crippen molar-refractivity contribution in [3.05, 3.63) is 77.1 Å². The molecule has 2 aliphatic carbocycles. The number of ether oxygens (including phenoxy) is 1. The Hall–Kier alpha value is -3.94. The van der Waals surface area contributed by atoms with Crippen LogP contribution in [0, 0.1) is 0 Å². The van der Waals surface area contributed by atoms with Gasteiger partial charge in [-0.3, -0.25) is 9.69 Å². The number of hydrogen-bond donors (Lipinski definition) is 3. The third kappa shape index (κ3) is 3.65. The Morgan fingerprint density at radius 1 is 1.15 bits per heavy atom. The Kier molecular flexibility index (Phi) is 5.34. The summed E-state index contributed by atoms with van der Waals surface area (Å²) in [7, 11) is 5.65. The zero-order valence-corrected chi connectivity index (χ0v) is 21.0. The van der Waals surface area contributed by atoms with E-state index in [2.05, 4.69) is 15.1 Å². The number of alkyl halides is 2. The maximum atomic E-state index is 13.5. The summed E-state index contributed by atoms with van der Waals surface area (Å²) in [6, 6.07) is 6.94. The predicted octanol–water partition coefficient (Wildman–Crippen LogP) is 2.53.